The lowest BCUT2D eigenvalue weighted by Gasteiger charge is -2.60. The lowest BCUT2D eigenvalue weighted by atomic mass is 9.77. The van der Waals surface area contributed by atoms with Gasteiger partial charge >= 0.3 is 8.56 Å². The van der Waals surface area contributed by atoms with Crippen LogP contribution < -0.4 is 0 Å². The van der Waals surface area contributed by atoms with Crippen LogP contribution in [0.2, 0.25) is 10.1 Å². The molecule has 0 aromatic carbocycles. The Hall–Kier alpha value is 0.137. The standard InChI is InChI=1S/C18H40O2Si/c1-13-15(3,4)17(7,8)21(19-11,20-12)18(9,10)16(5,6)14-2/h13-14H2,1-12H3. The van der Waals surface area contributed by atoms with E-state index in [2.05, 4.69) is 69.2 Å². The first kappa shape index (κ1) is 21.1. The molecule has 0 fully saturated rings. The van der Waals surface area contributed by atoms with Gasteiger partial charge in [-0.3, -0.25) is 0 Å². The van der Waals surface area contributed by atoms with Gasteiger partial charge in [0.25, 0.3) is 0 Å². The van der Waals surface area contributed by atoms with E-state index in [0.717, 1.165) is 12.8 Å². The van der Waals surface area contributed by atoms with Gasteiger partial charge < -0.3 is 8.85 Å². The third kappa shape index (κ3) is 2.86. The molecule has 0 bridgehead atoms. The quantitative estimate of drug-likeness (QED) is 0.500. The van der Waals surface area contributed by atoms with Crippen molar-refractivity contribution in [2.75, 3.05) is 14.2 Å². The van der Waals surface area contributed by atoms with Gasteiger partial charge in [-0.2, -0.15) is 0 Å². The second-order valence-corrected chi connectivity index (χ2v) is 13.3. The lowest BCUT2D eigenvalue weighted by Crippen LogP contribution is -2.65. The molecule has 0 aliphatic heterocycles. The number of rotatable bonds is 8. The summed E-state index contributed by atoms with van der Waals surface area (Å²) in [4.78, 5) is 0. The van der Waals surface area contributed by atoms with Crippen LogP contribution >= 0.6 is 0 Å². The van der Waals surface area contributed by atoms with E-state index in [9.17, 15) is 0 Å². The van der Waals surface area contributed by atoms with Crippen LogP contribution in [0.3, 0.4) is 0 Å². The largest absolute Gasteiger partial charge is 0.397 e. The minimum absolute atomic E-state index is 0.00576. The van der Waals surface area contributed by atoms with Crippen molar-refractivity contribution < 1.29 is 8.85 Å². The molecule has 0 unspecified atom stereocenters. The normalized spacial score (nSPS) is 15.4. The fraction of sp³-hybridized carbons (Fsp3) is 1.00. The molecule has 0 aromatic heterocycles. The predicted octanol–water partition coefficient (Wildman–Crippen LogP) is 6.15. The smallest absolute Gasteiger partial charge is 0.350 e. The zero-order valence-electron chi connectivity index (χ0n) is 16.7. The van der Waals surface area contributed by atoms with Crippen LogP contribution in [-0.4, -0.2) is 22.8 Å². The SMILES string of the molecule is CCC(C)(C)C(C)(C)[Si](OC)(OC)C(C)(C)C(C)(C)CC. The van der Waals surface area contributed by atoms with E-state index in [4.69, 9.17) is 8.85 Å². The fourth-order valence-electron chi connectivity index (χ4n) is 3.66. The average molecular weight is 317 g/mol. The van der Waals surface area contributed by atoms with Gasteiger partial charge in [0.1, 0.15) is 0 Å². The molecule has 0 aromatic rings. The summed E-state index contributed by atoms with van der Waals surface area (Å²) < 4.78 is 12.6. The third-order valence-corrected chi connectivity index (χ3v) is 13.2. The molecule has 0 rings (SSSR count). The Kier molecular flexibility index (Phi) is 6.37. The van der Waals surface area contributed by atoms with Crippen molar-refractivity contribution in [2.45, 2.75) is 92.2 Å². The van der Waals surface area contributed by atoms with Crippen LogP contribution in [0, 0.1) is 10.8 Å². The molecule has 21 heavy (non-hydrogen) atoms. The van der Waals surface area contributed by atoms with Crippen molar-refractivity contribution in [3.8, 4) is 0 Å². The van der Waals surface area contributed by atoms with Crippen LogP contribution in [-0.2, 0) is 8.85 Å². The third-order valence-electron chi connectivity index (χ3n) is 7.37. The Bertz CT molecular complexity index is 309. The zero-order chi connectivity index (χ0) is 17.3. The second kappa shape index (κ2) is 6.33. The van der Waals surface area contributed by atoms with Gasteiger partial charge in [-0.15, -0.1) is 0 Å². The Balaban J connectivity index is 6.33. The van der Waals surface area contributed by atoms with E-state index in [0.29, 0.717) is 0 Å². The van der Waals surface area contributed by atoms with Crippen molar-refractivity contribution >= 4 is 8.56 Å². The molecule has 0 heterocycles. The Morgan fingerprint density at radius 2 is 0.857 bits per heavy atom. The molecular weight excluding hydrogens is 276 g/mol. The molecule has 0 amide bonds. The molecule has 0 radical (unpaired) electrons. The zero-order valence-corrected chi connectivity index (χ0v) is 17.7. The topological polar surface area (TPSA) is 18.5 Å². The molecular formula is C18H40O2Si. The minimum Gasteiger partial charge on any atom is -0.397 e. The highest BCUT2D eigenvalue weighted by Gasteiger charge is 2.68. The van der Waals surface area contributed by atoms with Crippen LogP contribution in [0.5, 0.6) is 0 Å². The molecule has 0 saturated carbocycles. The molecule has 2 nitrogen and oxygen atoms in total. The monoisotopic (exact) mass is 316 g/mol. The summed E-state index contributed by atoms with van der Waals surface area (Å²) in [6, 6.07) is 0. The van der Waals surface area contributed by atoms with Crippen molar-refractivity contribution in [1.82, 2.24) is 0 Å². The average Bonchev–Trinajstić information content (AvgIpc) is 2.39. The highest BCUT2D eigenvalue weighted by Crippen LogP contribution is 2.66. The van der Waals surface area contributed by atoms with Gasteiger partial charge in [0, 0.05) is 24.3 Å². The van der Waals surface area contributed by atoms with Crippen LogP contribution in [0.15, 0.2) is 0 Å². The maximum atomic E-state index is 6.31. The predicted molar refractivity (Wildman–Crippen MR) is 96.0 cm³/mol. The van der Waals surface area contributed by atoms with Gasteiger partial charge in [0.05, 0.1) is 0 Å². The first-order chi connectivity index (χ1) is 9.24. The highest BCUT2D eigenvalue weighted by molar-refractivity contribution is 6.74. The van der Waals surface area contributed by atoms with Crippen LogP contribution in [0.25, 0.3) is 0 Å². The molecule has 3 heteroatoms. The summed E-state index contributed by atoms with van der Waals surface area (Å²) in [5.41, 5.74) is 0.318. The van der Waals surface area contributed by atoms with E-state index in [-0.39, 0.29) is 20.9 Å². The van der Waals surface area contributed by atoms with Gasteiger partial charge in [-0.1, -0.05) is 82.1 Å². The number of hydrogen-bond acceptors (Lipinski definition) is 2. The molecule has 0 N–H and O–H groups in total. The van der Waals surface area contributed by atoms with Crippen LogP contribution in [0.4, 0.5) is 0 Å². The number of hydrogen-bond donors (Lipinski definition) is 0. The first-order valence-electron chi connectivity index (χ1n) is 8.35. The van der Waals surface area contributed by atoms with Gasteiger partial charge in [0.15, 0.2) is 0 Å². The summed E-state index contributed by atoms with van der Waals surface area (Å²) >= 11 is 0. The molecule has 0 saturated heterocycles. The van der Waals surface area contributed by atoms with Crippen molar-refractivity contribution in [3.63, 3.8) is 0 Å². The fourth-order valence-corrected chi connectivity index (χ4v) is 9.57. The van der Waals surface area contributed by atoms with E-state index in [1.807, 2.05) is 14.2 Å². The molecule has 0 atom stereocenters. The summed E-state index contributed by atoms with van der Waals surface area (Å²) in [5.74, 6) is 0. The van der Waals surface area contributed by atoms with Crippen molar-refractivity contribution in [1.29, 1.82) is 0 Å². The van der Waals surface area contributed by atoms with Gasteiger partial charge in [0.2, 0.25) is 0 Å². The summed E-state index contributed by atoms with van der Waals surface area (Å²) in [6.07, 6.45) is 2.23. The second-order valence-electron chi connectivity index (χ2n) is 8.75. The lowest BCUT2D eigenvalue weighted by molar-refractivity contribution is 0.0850. The molecule has 0 aliphatic rings. The van der Waals surface area contributed by atoms with Crippen molar-refractivity contribution in [3.05, 3.63) is 0 Å². The highest BCUT2D eigenvalue weighted by atomic mass is 28.4. The van der Waals surface area contributed by atoms with E-state index in [1.165, 1.54) is 0 Å². The minimum atomic E-state index is -2.51. The van der Waals surface area contributed by atoms with E-state index in [1.54, 1.807) is 0 Å². The molecule has 0 spiro atoms. The molecule has 0 aliphatic carbocycles. The Morgan fingerprint density at radius 1 is 0.619 bits per heavy atom. The van der Waals surface area contributed by atoms with Gasteiger partial charge in [-0.05, 0) is 10.8 Å². The van der Waals surface area contributed by atoms with Gasteiger partial charge in [-0.25, -0.2) is 0 Å². The first-order valence-corrected chi connectivity index (χ1v) is 10.2. The summed E-state index contributed by atoms with van der Waals surface area (Å²) in [6.45, 7) is 23.3. The van der Waals surface area contributed by atoms with Crippen LogP contribution in [0.1, 0.15) is 82.1 Å². The Morgan fingerprint density at radius 3 is 1.00 bits per heavy atom. The Labute approximate surface area is 135 Å². The summed E-state index contributed by atoms with van der Waals surface area (Å²) in [7, 11) is 1.20. The summed E-state index contributed by atoms with van der Waals surface area (Å²) in [5, 5.41) is -0.0115. The molecule has 128 valence electrons. The van der Waals surface area contributed by atoms with Crippen molar-refractivity contribution in [2.24, 2.45) is 10.8 Å². The van der Waals surface area contributed by atoms with E-state index < -0.39 is 8.56 Å². The maximum absolute atomic E-state index is 6.31. The van der Waals surface area contributed by atoms with E-state index >= 15 is 0 Å². The maximum Gasteiger partial charge on any atom is 0.350 e.